The lowest BCUT2D eigenvalue weighted by molar-refractivity contribution is -0.137. The molecule has 112 valence electrons. The number of carbonyl (C=O) groups is 1. The highest BCUT2D eigenvalue weighted by Gasteiger charge is 2.31. The van der Waals surface area contributed by atoms with Gasteiger partial charge in [0.25, 0.3) is 0 Å². The van der Waals surface area contributed by atoms with Crippen LogP contribution in [0.3, 0.4) is 0 Å². The number of furan rings is 1. The van der Waals surface area contributed by atoms with Crippen LogP contribution < -0.4 is 0 Å². The predicted molar refractivity (Wildman–Crippen MR) is 72.0 cm³/mol. The number of benzene rings is 2. The van der Waals surface area contributed by atoms with E-state index in [1.165, 1.54) is 18.2 Å². The molecule has 0 saturated heterocycles. The van der Waals surface area contributed by atoms with Crippen LogP contribution in [0, 0.1) is 5.82 Å². The molecule has 1 heterocycles. The molecule has 0 spiro atoms. The van der Waals surface area contributed by atoms with E-state index >= 15 is 0 Å². The summed E-state index contributed by atoms with van der Waals surface area (Å²) in [4.78, 5) is 10.7. The minimum atomic E-state index is -4.62. The first-order chi connectivity index (χ1) is 10.4. The van der Waals surface area contributed by atoms with Crippen molar-refractivity contribution in [3.05, 3.63) is 59.6 Å². The van der Waals surface area contributed by atoms with Gasteiger partial charge in [-0.2, -0.15) is 13.2 Å². The van der Waals surface area contributed by atoms with E-state index in [4.69, 9.17) is 4.42 Å². The molecular formula is C16H8F4O2. The largest absolute Gasteiger partial charge is 0.453 e. The van der Waals surface area contributed by atoms with Gasteiger partial charge in [0.15, 0.2) is 12.0 Å². The van der Waals surface area contributed by atoms with E-state index in [1.807, 2.05) is 0 Å². The van der Waals surface area contributed by atoms with Gasteiger partial charge in [-0.05, 0) is 47.5 Å². The van der Waals surface area contributed by atoms with Crippen molar-refractivity contribution in [3.63, 3.8) is 0 Å². The second-order valence-electron chi connectivity index (χ2n) is 4.75. The SMILES string of the molecule is O=Cc1cc2cc(-c3cc(F)cc(C(F)(F)F)c3)ccc2o1. The van der Waals surface area contributed by atoms with E-state index in [0.29, 0.717) is 28.9 Å². The molecule has 0 saturated carbocycles. The number of rotatable bonds is 2. The van der Waals surface area contributed by atoms with Crippen molar-refractivity contribution >= 4 is 17.3 Å². The molecule has 3 aromatic rings. The van der Waals surface area contributed by atoms with E-state index in [1.54, 1.807) is 6.07 Å². The van der Waals surface area contributed by atoms with Crippen LogP contribution in [0.5, 0.6) is 0 Å². The van der Waals surface area contributed by atoms with Crippen molar-refractivity contribution in [1.29, 1.82) is 0 Å². The fourth-order valence-corrected chi connectivity index (χ4v) is 2.22. The highest BCUT2D eigenvalue weighted by Crippen LogP contribution is 2.34. The Bertz CT molecular complexity index is 862. The number of halogens is 4. The zero-order chi connectivity index (χ0) is 15.9. The zero-order valence-corrected chi connectivity index (χ0v) is 10.9. The van der Waals surface area contributed by atoms with Gasteiger partial charge in [-0.25, -0.2) is 4.39 Å². The topological polar surface area (TPSA) is 30.2 Å². The first-order valence-electron chi connectivity index (χ1n) is 6.24. The Balaban J connectivity index is 2.14. The monoisotopic (exact) mass is 308 g/mol. The molecule has 0 aliphatic rings. The maximum absolute atomic E-state index is 13.5. The highest BCUT2D eigenvalue weighted by molar-refractivity contribution is 5.88. The molecular weight excluding hydrogens is 300 g/mol. The quantitative estimate of drug-likeness (QED) is 0.489. The second kappa shape index (κ2) is 4.98. The maximum Gasteiger partial charge on any atom is 0.416 e. The number of hydrogen-bond acceptors (Lipinski definition) is 2. The molecule has 1 aromatic heterocycles. The summed E-state index contributed by atoms with van der Waals surface area (Å²) >= 11 is 0. The fourth-order valence-electron chi connectivity index (χ4n) is 2.22. The van der Waals surface area contributed by atoms with Crippen LogP contribution in [0.2, 0.25) is 0 Å². The third kappa shape index (κ3) is 2.59. The van der Waals surface area contributed by atoms with Gasteiger partial charge in [-0.15, -0.1) is 0 Å². The smallest absolute Gasteiger partial charge is 0.416 e. The molecule has 22 heavy (non-hydrogen) atoms. The first-order valence-corrected chi connectivity index (χ1v) is 6.24. The lowest BCUT2D eigenvalue weighted by atomic mass is 10.0. The van der Waals surface area contributed by atoms with Crippen molar-refractivity contribution in [3.8, 4) is 11.1 Å². The lowest BCUT2D eigenvalue weighted by Gasteiger charge is -2.09. The summed E-state index contributed by atoms with van der Waals surface area (Å²) in [5.41, 5.74) is -0.125. The van der Waals surface area contributed by atoms with Crippen LogP contribution in [0.15, 0.2) is 46.9 Å². The molecule has 6 heteroatoms. The number of fused-ring (bicyclic) bond motifs is 1. The normalized spacial score (nSPS) is 11.8. The summed E-state index contributed by atoms with van der Waals surface area (Å²) in [6.07, 6.45) is -4.09. The number of alkyl halides is 3. The first kappa shape index (κ1) is 14.3. The molecule has 0 amide bonds. The third-order valence-electron chi connectivity index (χ3n) is 3.21. The summed E-state index contributed by atoms with van der Waals surface area (Å²) in [5.74, 6) is -0.854. The maximum atomic E-state index is 13.5. The fraction of sp³-hybridized carbons (Fsp3) is 0.0625. The van der Waals surface area contributed by atoms with Crippen LogP contribution in [-0.4, -0.2) is 6.29 Å². The molecule has 0 atom stereocenters. The number of carbonyl (C=O) groups excluding carboxylic acids is 1. The van der Waals surface area contributed by atoms with Gasteiger partial charge >= 0.3 is 6.18 Å². The molecule has 0 fully saturated rings. The summed E-state index contributed by atoms with van der Waals surface area (Å²) in [6.45, 7) is 0. The molecule has 0 aliphatic carbocycles. The summed E-state index contributed by atoms with van der Waals surface area (Å²) in [6, 6.07) is 8.40. The standard InChI is InChI=1S/C16H8F4O2/c17-13-5-10(4-12(7-13)16(18,19)20)9-1-2-15-11(3-9)6-14(8-21)22-15/h1-8H. The van der Waals surface area contributed by atoms with E-state index < -0.39 is 17.6 Å². The third-order valence-corrected chi connectivity index (χ3v) is 3.21. The molecule has 0 unspecified atom stereocenters. The van der Waals surface area contributed by atoms with Crippen molar-refractivity contribution in [2.24, 2.45) is 0 Å². The number of aldehydes is 1. The van der Waals surface area contributed by atoms with Crippen LogP contribution in [0.25, 0.3) is 22.1 Å². The molecule has 3 rings (SSSR count). The average molecular weight is 308 g/mol. The summed E-state index contributed by atoms with van der Waals surface area (Å²) in [5, 5.41) is 0.553. The van der Waals surface area contributed by atoms with Crippen molar-refractivity contribution in [1.82, 2.24) is 0 Å². The van der Waals surface area contributed by atoms with Gasteiger partial charge in [0.05, 0.1) is 5.56 Å². The molecule has 0 bridgehead atoms. The van der Waals surface area contributed by atoms with Crippen LogP contribution in [-0.2, 0) is 6.18 Å². The minimum absolute atomic E-state index is 0.100. The van der Waals surface area contributed by atoms with E-state index in [2.05, 4.69) is 0 Å². The average Bonchev–Trinajstić information content (AvgIpc) is 2.87. The molecule has 0 aliphatic heterocycles. The molecule has 2 aromatic carbocycles. The Morgan fingerprint density at radius 3 is 2.41 bits per heavy atom. The molecule has 0 N–H and O–H groups in total. The Morgan fingerprint density at radius 2 is 1.73 bits per heavy atom. The van der Waals surface area contributed by atoms with Crippen molar-refractivity contribution < 1.29 is 26.8 Å². The van der Waals surface area contributed by atoms with Crippen LogP contribution >= 0.6 is 0 Å². The van der Waals surface area contributed by atoms with Gasteiger partial charge in [-0.3, -0.25) is 4.79 Å². The molecule has 0 radical (unpaired) electrons. The Hall–Kier alpha value is -2.63. The van der Waals surface area contributed by atoms with Crippen LogP contribution in [0.1, 0.15) is 16.1 Å². The lowest BCUT2D eigenvalue weighted by Crippen LogP contribution is -2.05. The van der Waals surface area contributed by atoms with Crippen LogP contribution in [0.4, 0.5) is 17.6 Å². The van der Waals surface area contributed by atoms with Crippen molar-refractivity contribution in [2.45, 2.75) is 6.18 Å². The highest BCUT2D eigenvalue weighted by atomic mass is 19.4. The van der Waals surface area contributed by atoms with E-state index in [-0.39, 0.29) is 11.3 Å². The molecule has 2 nitrogen and oxygen atoms in total. The van der Waals surface area contributed by atoms with Gasteiger partial charge in [0.2, 0.25) is 0 Å². The zero-order valence-electron chi connectivity index (χ0n) is 10.9. The summed E-state index contributed by atoms with van der Waals surface area (Å²) < 4.78 is 56.9. The van der Waals surface area contributed by atoms with Crippen molar-refractivity contribution in [2.75, 3.05) is 0 Å². The van der Waals surface area contributed by atoms with E-state index in [9.17, 15) is 22.4 Å². The van der Waals surface area contributed by atoms with Gasteiger partial charge in [-0.1, -0.05) is 6.07 Å². The van der Waals surface area contributed by atoms with Gasteiger partial charge in [0.1, 0.15) is 11.4 Å². The van der Waals surface area contributed by atoms with E-state index in [0.717, 1.165) is 12.1 Å². The number of hydrogen-bond donors (Lipinski definition) is 0. The predicted octanol–water partition coefficient (Wildman–Crippen LogP) is 5.07. The minimum Gasteiger partial charge on any atom is -0.453 e. The summed E-state index contributed by atoms with van der Waals surface area (Å²) in [7, 11) is 0. The second-order valence-corrected chi connectivity index (χ2v) is 4.75. The van der Waals surface area contributed by atoms with Gasteiger partial charge in [0, 0.05) is 5.39 Å². The Labute approximate surface area is 122 Å². The Kier molecular flexibility index (Phi) is 3.24. The van der Waals surface area contributed by atoms with Gasteiger partial charge < -0.3 is 4.42 Å². The Morgan fingerprint density at radius 1 is 0.955 bits per heavy atom.